The molecule has 1 aromatic carbocycles. The van der Waals surface area contributed by atoms with Crippen molar-refractivity contribution >= 4 is 15.9 Å². The van der Waals surface area contributed by atoms with E-state index >= 15 is 0 Å². The second-order valence-corrected chi connectivity index (χ2v) is 9.53. The molecule has 1 aliphatic heterocycles. The highest BCUT2D eigenvalue weighted by Gasteiger charge is 2.33. The van der Waals surface area contributed by atoms with Crippen LogP contribution in [0.4, 0.5) is 0 Å². The van der Waals surface area contributed by atoms with Crippen molar-refractivity contribution in [3.8, 4) is 0 Å². The van der Waals surface area contributed by atoms with E-state index in [0.717, 1.165) is 4.90 Å². The van der Waals surface area contributed by atoms with Gasteiger partial charge in [0.05, 0.1) is 31.1 Å². The first kappa shape index (κ1) is 19.3. The summed E-state index contributed by atoms with van der Waals surface area (Å²) >= 11 is 0. The summed E-state index contributed by atoms with van der Waals surface area (Å²) in [6.07, 6.45) is 6.25. The number of nitrogens with zero attached hydrogens (tertiary/aromatic N) is 1. The van der Waals surface area contributed by atoms with E-state index in [0.29, 0.717) is 37.0 Å². The first-order chi connectivity index (χ1) is 12.4. The Bertz CT molecular complexity index is 719. The molecular formula is C19H30N3O3S+. The van der Waals surface area contributed by atoms with Crippen molar-refractivity contribution in [3.05, 3.63) is 29.8 Å². The zero-order chi connectivity index (χ0) is 18.7. The Kier molecular flexibility index (Phi) is 5.99. The van der Waals surface area contributed by atoms with Gasteiger partial charge in [-0.25, -0.2) is 8.42 Å². The number of hydrogen-bond donors (Lipinski definition) is 2. The minimum absolute atomic E-state index is 0.283. The molecule has 2 fully saturated rings. The molecule has 144 valence electrons. The lowest BCUT2D eigenvalue weighted by molar-refractivity contribution is -0.917. The van der Waals surface area contributed by atoms with Crippen LogP contribution >= 0.6 is 0 Å². The van der Waals surface area contributed by atoms with E-state index in [1.807, 2.05) is 12.1 Å². The summed E-state index contributed by atoms with van der Waals surface area (Å²) < 4.78 is 27.3. The van der Waals surface area contributed by atoms with Crippen LogP contribution in [0.3, 0.4) is 0 Å². The van der Waals surface area contributed by atoms with Crippen LogP contribution in [0.25, 0.3) is 0 Å². The van der Waals surface area contributed by atoms with Crippen LogP contribution in [0.15, 0.2) is 29.2 Å². The average molecular weight is 381 g/mol. The minimum atomic E-state index is -3.48. The summed E-state index contributed by atoms with van der Waals surface area (Å²) in [6.45, 7) is 3.83. The van der Waals surface area contributed by atoms with Crippen molar-refractivity contribution < 1.29 is 18.1 Å². The lowest BCUT2D eigenvalue weighted by atomic mass is 9.84. The number of sulfonamides is 1. The fraction of sp³-hybridized carbons (Fsp3) is 0.632. The van der Waals surface area contributed by atoms with Crippen LogP contribution in [-0.2, 0) is 14.8 Å². The van der Waals surface area contributed by atoms with Crippen LogP contribution in [0.5, 0.6) is 0 Å². The number of hydrogen-bond acceptors (Lipinski definition) is 3. The van der Waals surface area contributed by atoms with Gasteiger partial charge in [-0.3, -0.25) is 4.79 Å². The summed E-state index contributed by atoms with van der Waals surface area (Å²) in [5, 5.41) is 0. The molecule has 1 atom stereocenters. The summed E-state index contributed by atoms with van der Waals surface area (Å²) in [6, 6.07) is 7.20. The number of carbonyl (C=O) groups excluding carboxylic acids is 1. The van der Waals surface area contributed by atoms with E-state index in [9.17, 15) is 13.2 Å². The second kappa shape index (κ2) is 8.06. The highest BCUT2D eigenvalue weighted by Crippen LogP contribution is 2.33. The van der Waals surface area contributed by atoms with Gasteiger partial charge >= 0.3 is 0 Å². The van der Waals surface area contributed by atoms with Gasteiger partial charge in [-0.15, -0.1) is 0 Å². The first-order valence-corrected chi connectivity index (χ1v) is 11.1. The Balaban J connectivity index is 1.66. The van der Waals surface area contributed by atoms with Crippen molar-refractivity contribution in [3.63, 3.8) is 0 Å². The van der Waals surface area contributed by atoms with Gasteiger partial charge in [0.25, 0.3) is 5.91 Å². The van der Waals surface area contributed by atoms with Crippen molar-refractivity contribution in [1.82, 2.24) is 4.31 Å². The Labute approximate surface area is 156 Å². The van der Waals surface area contributed by atoms with Crippen LogP contribution in [0, 0.1) is 0 Å². The summed E-state index contributed by atoms with van der Waals surface area (Å²) in [4.78, 5) is 12.7. The molecule has 26 heavy (non-hydrogen) atoms. The first-order valence-electron chi connectivity index (χ1n) is 9.63. The number of quaternary nitrogens is 1. The lowest BCUT2D eigenvalue weighted by Crippen LogP contribution is -3.19. The number of nitrogens with one attached hydrogen (secondary N) is 1. The van der Waals surface area contributed by atoms with Gasteiger partial charge < -0.3 is 10.6 Å². The number of piperazine rings is 1. The molecule has 0 radical (unpaired) electrons. The van der Waals surface area contributed by atoms with Crippen molar-refractivity contribution in [1.29, 1.82) is 0 Å². The monoisotopic (exact) mass is 380 g/mol. The lowest BCUT2D eigenvalue weighted by Gasteiger charge is -2.33. The molecule has 3 rings (SSSR count). The average Bonchev–Trinajstić information content (AvgIpc) is 2.68. The molecular weight excluding hydrogens is 350 g/mol. The van der Waals surface area contributed by atoms with Crippen LogP contribution in [0.1, 0.15) is 50.5 Å². The molecule has 2 aliphatic rings. The topological polar surface area (TPSA) is 84.9 Å². The summed E-state index contributed by atoms with van der Waals surface area (Å²) in [7, 11) is -3.48. The molecule has 0 spiro atoms. The van der Waals surface area contributed by atoms with E-state index in [2.05, 4.69) is 0 Å². The number of nitrogens with two attached hydrogens (primary N) is 1. The molecule has 0 aromatic heterocycles. The number of rotatable bonds is 5. The van der Waals surface area contributed by atoms with Crippen LogP contribution < -0.4 is 10.6 Å². The normalized spacial score (nSPS) is 22.2. The van der Waals surface area contributed by atoms with Crippen molar-refractivity contribution in [2.75, 3.05) is 26.2 Å². The third kappa shape index (κ3) is 4.10. The van der Waals surface area contributed by atoms with Crippen LogP contribution in [-0.4, -0.2) is 50.9 Å². The molecule has 3 N–H and O–H groups in total. The van der Waals surface area contributed by atoms with Crippen molar-refractivity contribution in [2.45, 2.75) is 55.9 Å². The molecule has 1 heterocycles. The Morgan fingerprint density at radius 3 is 2.23 bits per heavy atom. The SMILES string of the molecule is C[C@H](C(N)=O)[NH+]1CCN(S(=O)(=O)c2ccc(C3CCCCC3)cc2)CC1. The molecule has 1 saturated carbocycles. The predicted molar refractivity (Wildman–Crippen MR) is 100 cm³/mol. The van der Waals surface area contributed by atoms with Crippen molar-refractivity contribution in [2.24, 2.45) is 5.73 Å². The number of benzene rings is 1. The Morgan fingerprint density at radius 1 is 1.12 bits per heavy atom. The van der Waals surface area contributed by atoms with E-state index < -0.39 is 10.0 Å². The maximum absolute atomic E-state index is 12.9. The third-order valence-electron chi connectivity index (χ3n) is 6.00. The fourth-order valence-electron chi connectivity index (χ4n) is 4.14. The highest BCUT2D eigenvalue weighted by molar-refractivity contribution is 7.89. The largest absolute Gasteiger partial charge is 0.365 e. The van der Waals surface area contributed by atoms with Gasteiger partial charge in [0.15, 0.2) is 6.04 Å². The predicted octanol–water partition coefficient (Wildman–Crippen LogP) is 0.497. The smallest absolute Gasteiger partial charge is 0.275 e. The molecule has 0 unspecified atom stereocenters. The van der Waals surface area contributed by atoms with Gasteiger partial charge in [0.2, 0.25) is 10.0 Å². The number of primary amides is 1. The fourth-order valence-corrected chi connectivity index (χ4v) is 5.59. The maximum Gasteiger partial charge on any atom is 0.275 e. The third-order valence-corrected chi connectivity index (χ3v) is 7.91. The number of carbonyl (C=O) groups is 1. The van der Waals surface area contributed by atoms with E-state index in [4.69, 9.17) is 5.73 Å². The standard InChI is InChI=1S/C19H29N3O3S/c1-15(19(20)23)21-11-13-22(14-12-21)26(24,25)18-9-7-17(8-10-18)16-5-3-2-4-6-16/h7-10,15-16H,2-6,11-14H2,1H3,(H2,20,23)/p+1/t15-/m1/s1. The molecule has 0 bridgehead atoms. The molecule has 1 saturated heterocycles. The quantitative estimate of drug-likeness (QED) is 0.780. The van der Waals surface area contributed by atoms with Gasteiger partial charge in [-0.1, -0.05) is 31.4 Å². The van der Waals surface area contributed by atoms with E-state index in [-0.39, 0.29) is 11.9 Å². The highest BCUT2D eigenvalue weighted by atomic mass is 32.2. The van der Waals surface area contributed by atoms with Gasteiger partial charge in [-0.05, 0) is 43.4 Å². The zero-order valence-electron chi connectivity index (χ0n) is 15.5. The maximum atomic E-state index is 12.9. The van der Waals surface area contributed by atoms with E-state index in [1.165, 1.54) is 42.0 Å². The molecule has 1 amide bonds. The molecule has 6 nitrogen and oxygen atoms in total. The summed E-state index contributed by atoms with van der Waals surface area (Å²) in [5.41, 5.74) is 6.62. The Morgan fingerprint density at radius 2 is 1.69 bits per heavy atom. The summed E-state index contributed by atoms with van der Waals surface area (Å²) in [5.74, 6) is 0.234. The van der Waals surface area contributed by atoms with Gasteiger partial charge in [-0.2, -0.15) is 4.31 Å². The van der Waals surface area contributed by atoms with E-state index in [1.54, 1.807) is 19.1 Å². The molecule has 1 aromatic rings. The van der Waals surface area contributed by atoms with Gasteiger partial charge in [0, 0.05) is 0 Å². The zero-order valence-corrected chi connectivity index (χ0v) is 16.3. The van der Waals surface area contributed by atoms with Crippen LogP contribution in [0.2, 0.25) is 0 Å². The minimum Gasteiger partial charge on any atom is -0.365 e. The second-order valence-electron chi connectivity index (χ2n) is 7.59. The number of amides is 1. The Hall–Kier alpha value is -1.44. The van der Waals surface area contributed by atoms with Gasteiger partial charge in [0.1, 0.15) is 0 Å². The molecule has 1 aliphatic carbocycles. The molecule has 7 heteroatoms.